The fourth-order valence-electron chi connectivity index (χ4n) is 3.43. The second kappa shape index (κ2) is 9.75. The quantitative estimate of drug-likeness (QED) is 0.359. The van der Waals surface area contributed by atoms with Crippen molar-refractivity contribution in [2.24, 2.45) is 4.99 Å². The lowest BCUT2D eigenvalue weighted by molar-refractivity contribution is 0.464. The van der Waals surface area contributed by atoms with Crippen molar-refractivity contribution >= 4 is 5.96 Å². The van der Waals surface area contributed by atoms with Crippen LogP contribution >= 0.6 is 0 Å². The van der Waals surface area contributed by atoms with Gasteiger partial charge >= 0.3 is 0 Å². The molecule has 7 heteroatoms. The smallest absolute Gasteiger partial charge is 0.194 e. The van der Waals surface area contributed by atoms with Crippen molar-refractivity contribution in [2.45, 2.75) is 19.6 Å². The minimum absolute atomic E-state index is 0.625. The van der Waals surface area contributed by atoms with Gasteiger partial charge in [0.1, 0.15) is 5.82 Å². The highest BCUT2D eigenvalue weighted by molar-refractivity contribution is 5.79. The molecule has 2 N–H and O–H groups in total. The predicted molar refractivity (Wildman–Crippen MR) is 123 cm³/mol. The summed E-state index contributed by atoms with van der Waals surface area (Å²) in [4.78, 5) is 14.4. The van der Waals surface area contributed by atoms with Gasteiger partial charge in [-0.1, -0.05) is 60.7 Å². The molecule has 0 aliphatic rings. The van der Waals surface area contributed by atoms with Gasteiger partial charge in [0.25, 0.3) is 0 Å². The summed E-state index contributed by atoms with van der Waals surface area (Å²) >= 11 is 0. The molecule has 0 fully saturated rings. The summed E-state index contributed by atoms with van der Waals surface area (Å²) in [6, 6.07) is 20.5. The molecule has 7 nitrogen and oxygen atoms in total. The Bertz CT molecular complexity index is 1110. The van der Waals surface area contributed by atoms with Gasteiger partial charge in [-0.3, -0.25) is 9.67 Å². The summed E-state index contributed by atoms with van der Waals surface area (Å²) in [6.45, 7) is 2.04. The van der Waals surface area contributed by atoms with Crippen LogP contribution < -0.4 is 5.32 Å². The maximum absolute atomic E-state index is 4.52. The summed E-state index contributed by atoms with van der Waals surface area (Å²) in [5.74, 6) is 1.69. The van der Waals surface area contributed by atoms with Gasteiger partial charge < -0.3 is 15.2 Å². The second-order valence-corrected chi connectivity index (χ2v) is 7.40. The third-order valence-electron chi connectivity index (χ3n) is 5.00. The van der Waals surface area contributed by atoms with Crippen LogP contribution in [0.2, 0.25) is 0 Å². The van der Waals surface area contributed by atoms with Crippen LogP contribution in [0.15, 0.2) is 84.2 Å². The van der Waals surface area contributed by atoms with E-state index in [1.807, 2.05) is 65.4 Å². The maximum atomic E-state index is 4.52. The summed E-state index contributed by atoms with van der Waals surface area (Å²) < 4.78 is 1.95. The van der Waals surface area contributed by atoms with E-state index in [1.54, 1.807) is 7.05 Å². The lowest BCUT2D eigenvalue weighted by Gasteiger charge is -2.20. The molecule has 0 aliphatic carbocycles. The van der Waals surface area contributed by atoms with Crippen LogP contribution in [0.4, 0.5) is 0 Å². The minimum Gasteiger partial charge on any atom is -0.352 e. The minimum atomic E-state index is 0.625. The van der Waals surface area contributed by atoms with Crippen molar-refractivity contribution in [3.8, 4) is 11.3 Å². The zero-order chi connectivity index (χ0) is 21.5. The zero-order valence-corrected chi connectivity index (χ0v) is 17.9. The highest BCUT2D eigenvalue weighted by Gasteiger charge is 2.10. The lowest BCUT2D eigenvalue weighted by atomic mass is 10.2. The Morgan fingerprint density at radius 3 is 2.52 bits per heavy atom. The Balaban J connectivity index is 1.32. The van der Waals surface area contributed by atoms with Gasteiger partial charge in [-0.15, -0.1) is 0 Å². The molecule has 2 aromatic carbocycles. The molecule has 0 saturated carbocycles. The van der Waals surface area contributed by atoms with Crippen LogP contribution in [0, 0.1) is 0 Å². The monoisotopic (exact) mass is 413 g/mol. The number of nitrogens with zero attached hydrogens (tertiary/aromatic N) is 5. The van der Waals surface area contributed by atoms with Crippen LogP contribution in [0.25, 0.3) is 11.3 Å². The molecule has 0 aliphatic heterocycles. The maximum Gasteiger partial charge on any atom is 0.194 e. The molecule has 0 atom stereocenters. The summed E-state index contributed by atoms with van der Waals surface area (Å²) in [5, 5.41) is 7.87. The van der Waals surface area contributed by atoms with E-state index in [0.717, 1.165) is 35.1 Å². The molecule has 4 aromatic rings. The molecule has 158 valence electrons. The van der Waals surface area contributed by atoms with Crippen molar-refractivity contribution in [3.63, 3.8) is 0 Å². The molecule has 0 saturated heterocycles. The van der Waals surface area contributed by atoms with E-state index in [0.29, 0.717) is 13.1 Å². The number of aliphatic imine (C=N–C) groups is 1. The van der Waals surface area contributed by atoms with Crippen molar-refractivity contribution in [3.05, 3.63) is 96.2 Å². The van der Waals surface area contributed by atoms with Gasteiger partial charge in [0.2, 0.25) is 0 Å². The molecule has 0 unspecified atom stereocenters. The van der Waals surface area contributed by atoms with Crippen molar-refractivity contribution in [1.29, 1.82) is 0 Å². The van der Waals surface area contributed by atoms with E-state index in [-0.39, 0.29) is 0 Å². The number of nitrogens with one attached hydrogen (secondary N) is 2. The van der Waals surface area contributed by atoms with Crippen LogP contribution in [0.5, 0.6) is 0 Å². The lowest BCUT2D eigenvalue weighted by Crippen LogP contribution is -2.38. The largest absolute Gasteiger partial charge is 0.352 e. The van der Waals surface area contributed by atoms with Crippen molar-refractivity contribution < 1.29 is 0 Å². The second-order valence-electron chi connectivity index (χ2n) is 7.40. The number of hydrogen-bond donors (Lipinski definition) is 2. The number of benzene rings is 2. The van der Waals surface area contributed by atoms with E-state index >= 15 is 0 Å². The molecule has 4 rings (SSSR count). The van der Waals surface area contributed by atoms with Gasteiger partial charge in [-0.25, -0.2) is 4.98 Å². The molecule has 2 heterocycles. The molecular weight excluding hydrogens is 386 g/mol. The number of aromatic nitrogens is 4. The predicted octanol–water partition coefficient (Wildman–Crippen LogP) is 3.53. The van der Waals surface area contributed by atoms with Crippen LogP contribution in [0.3, 0.4) is 0 Å². The topological polar surface area (TPSA) is 74.1 Å². The van der Waals surface area contributed by atoms with Gasteiger partial charge in [-0.2, -0.15) is 5.10 Å². The molecule has 0 radical (unpaired) electrons. The highest BCUT2D eigenvalue weighted by atomic mass is 15.3. The molecule has 0 bridgehead atoms. The Morgan fingerprint density at radius 1 is 1.03 bits per heavy atom. The number of imidazole rings is 1. The standard InChI is InChI=1S/C24H27N7/c1-25-24(27-13-20-14-28-31(17-20)16-19-9-5-3-6-10-19)30(2)18-23-26-15-22(29-23)21-11-7-4-8-12-21/h3-12,14-15,17H,13,16,18H2,1-2H3,(H,25,27)(H,26,29). The average Bonchev–Trinajstić information content (AvgIpc) is 3.45. The SMILES string of the molecule is CN=C(NCc1cnn(Cc2ccccc2)c1)N(C)Cc1ncc(-c2ccccc2)[nH]1. The molecule has 0 amide bonds. The first-order valence-corrected chi connectivity index (χ1v) is 10.3. The molecule has 2 aromatic heterocycles. The van der Waals surface area contributed by atoms with E-state index in [4.69, 9.17) is 0 Å². The number of guanidine groups is 1. The fraction of sp³-hybridized carbons (Fsp3) is 0.208. The fourth-order valence-corrected chi connectivity index (χ4v) is 3.43. The normalized spacial score (nSPS) is 11.5. The Labute approximate surface area is 182 Å². The van der Waals surface area contributed by atoms with E-state index in [1.165, 1.54) is 5.56 Å². The molecule has 31 heavy (non-hydrogen) atoms. The first-order chi connectivity index (χ1) is 15.2. The Hall–Kier alpha value is -3.87. The van der Waals surface area contributed by atoms with Gasteiger partial charge in [-0.05, 0) is 11.1 Å². The number of rotatable bonds is 7. The van der Waals surface area contributed by atoms with Gasteiger partial charge in [0, 0.05) is 32.4 Å². The third-order valence-corrected chi connectivity index (χ3v) is 5.00. The summed E-state index contributed by atoms with van der Waals surface area (Å²) in [5.41, 5.74) is 4.47. The van der Waals surface area contributed by atoms with E-state index in [9.17, 15) is 0 Å². The first-order valence-electron chi connectivity index (χ1n) is 10.3. The molecular formula is C24H27N7. The van der Waals surface area contributed by atoms with Crippen LogP contribution in [-0.4, -0.2) is 44.7 Å². The highest BCUT2D eigenvalue weighted by Crippen LogP contribution is 2.16. The Kier molecular flexibility index (Phi) is 6.42. The van der Waals surface area contributed by atoms with Crippen molar-refractivity contribution in [1.82, 2.24) is 30.0 Å². The van der Waals surface area contributed by atoms with Gasteiger partial charge in [0.15, 0.2) is 5.96 Å². The number of aromatic amines is 1. The first kappa shape index (κ1) is 20.4. The average molecular weight is 414 g/mol. The molecule has 0 spiro atoms. The van der Waals surface area contributed by atoms with Crippen LogP contribution in [0.1, 0.15) is 17.0 Å². The van der Waals surface area contributed by atoms with E-state index < -0.39 is 0 Å². The number of H-pyrrole nitrogens is 1. The van der Waals surface area contributed by atoms with Crippen LogP contribution in [-0.2, 0) is 19.6 Å². The van der Waals surface area contributed by atoms with E-state index in [2.05, 4.69) is 55.8 Å². The van der Waals surface area contributed by atoms with Crippen molar-refractivity contribution in [2.75, 3.05) is 14.1 Å². The van der Waals surface area contributed by atoms with Gasteiger partial charge in [0.05, 0.1) is 31.2 Å². The summed E-state index contributed by atoms with van der Waals surface area (Å²) in [6.07, 6.45) is 5.82. The Morgan fingerprint density at radius 2 is 1.77 bits per heavy atom. The third kappa shape index (κ3) is 5.39. The summed E-state index contributed by atoms with van der Waals surface area (Å²) in [7, 11) is 3.79. The zero-order valence-electron chi connectivity index (χ0n) is 17.9. The number of hydrogen-bond acceptors (Lipinski definition) is 3.